The van der Waals surface area contributed by atoms with Gasteiger partial charge in [0.05, 0.1) is 7.11 Å². The molecule has 0 saturated carbocycles. The van der Waals surface area contributed by atoms with Gasteiger partial charge in [0.25, 0.3) is 0 Å². The van der Waals surface area contributed by atoms with E-state index < -0.39 is 5.97 Å². The molecular formula is C12H18N2O3S. The quantitative estimate of drug-likeness (QED) is 0.635. The van der Waals surface area contributed by atoms with E-state index in [2.05, 4.69) is 28.9 Å². The Bertz CT molecular complexity index is 443. The first-order chi connectivity index (χ1) is 8.49. The van der Waals surface area contributed by atoms with Crippen LogP contribution in [0.5, 0.6) is 0 Å². The van der Waals surface area contributed by atoms with Gasteiger partial charge in [-0.2, -0.15) is 0 Å². The number of esters is 1. The maximum Gasteiger partial charge on any atom is 0.358 e. The molecule has 6 heteroatoms. The number of hydrogen-bond donors (Lipinski definition) is 1. The molecule has 0 aliphatic carbocycles. The molecule has 1 N–H and O–H groups in total. The molecule has 5 nitrogen and oxygen atoms in total. The van der Waals surface area contributed by atoms with Gasteiger partial charge in [-0.15, -0.1) is 0 Å². The molecule has 100 valence electrons. The van der Waals surface area contributed by atoms with E-state index in [1.807, 2.05) is 0 Å². The van der Waals surface area contributed by atoms with Crippen LogP contribution in [0.15, 0.2) is 0 Å². The molecule has 0 aliphatic heterocycles. The second-order valence-electron chi connectivity index (χ2n) is 4.14. The second-order valence-corrected chi connectivity index (χ2v) is 5.14. The van der Waals surface area contributed by atoms with Gasteiger partial charge >= 0.3 is 5.97 Å². The summed E-state index contributed by atoms with van der Waals surface area (Å²) in [6.45, 7) is 6.41. The summed E-state index contributed by atoms with van der Waals surface area (Å²) in [6, 6.07) is 0. The highest BCUT2D eigenvalue weighted by Crippen LogP contribution is 2.24. The first-order valence-corrected chi connectivity index (χ1v) is 6.65. The van der Waals surface area contributed by atoms with Crippen molar-refractivity contribution in [2.45, 2.75) is 27.2 Å². The molecule has 0 aliphatic rings. The van der Waals surface area contributed by atoms with Crippen molar-refractivity contribution in [1.82, 2.24) is 4.98 Å². The van der Waals surface area contributed by atoms with Gasteiger partial charge in [0.15, 0.2) is 16.6 Å². The van der Waals surface area contributed by atoms with Gasteiger partial charge in [-0.05, 0) is 5.92 Å². The molecule has 1 atom stereocenters. The lowest BCUT2D eigenvalue weighted by Gasteiger charge is -2.07. The van der Waals surface area contributed by atoms with Crippen LogP contribution in [0.3, 0.4) is 0 Å². The van der Waals surface area contributed by atoms with Crippen LogP contribution in [0.2, 0.25) is 0 Å². The van der Waals surface area contributed by atoms with E-state index in [-0.39, 0.29) is 11.5 Å². The number of ether oxygens (including phenoxy) is 1. The Hall–Kier alpha value is -1.43. The number of carbonyl (C=O) groups excluding carboxylic acids is 2. The van der Waals surface area contributed by atoms with Crippen LogP contribution in [0, 0.1) is 5.92 Å². The normalized spacial score (nSPS) is 12.0. The minimum absolute atomic E-state index is 0.0988. The lowest BCUT2D eigenvalue weighted by molar-refractivity contribution is 0.0591. The maximum atomic E-state index is 11.5. The Morgan fingerprint density at radius 2 is 2.17 bits per heavy atom. The second kappa shape index (κ2) is 6.49. The van der Waals surface area contributed by atoms with Gasteiger partial charge in [-0.1, -0.05) is 31.6 Å². The highest BCUT2D eigenvalue weighted by Gasteiger charge is 2.21. The first kappa shape index (κ1) is 14.6. The van der Waals surface area contributed by atoms with Crippen LogP contribution < -0.4 is 5.32 Å². The fourth-order valence-electron chi connectivity index (χ4n) is 1.28. The predicted octanol–water partition coefficient (Wildman–Crippen LogP) is 2.59. The zero-order valence-corrected chi connectivity index (χ0v) is 11.9. The molecule has 18 heavy (non-hydrogen) atoms. The van der Waals surface area contributed by atoms with Crippen molar-refractivity contribution in [2.75, 3.05) is 19.0 Å². The van der Waals surface area contributed by atoms with Crippen LogP contribution in [0.25, 0.3) is 0 Å². The molecule has 0 amide bonds. The Morgan fingerprint density at radius 1 is 1.50 bits per heavy atom. The van der Waals surface area contributed by atoms with Gasteiger partial charge in [0.1, 0.15) is 4.88 Å². The Labute approximate surface area is 111 Å². The summed E-state index contributed by atoms with van der Waals surface area (Å²) in [6.07, 6.45) is 1.06. The topological polar surface area (TPSA) is 68.3 Å². The zero-order chi connectivity index (χ0) is 13.7. The predicted molar refractivity (Wildman–Crippen MR) is 71.4 cm³/mol. The summed E-state index contributed by atoms with van der Waals surface area (Å²) in [5, 5.41) is 3.72. The van der Waals surface area contributed by atoms with Gasteiger partial charge in [-0.3, -0.25) is 4.79 Å². The summed E-state index contributed by atoms with van der Waals surface area (Å²) in [7, 11) is 1.28. The smallest absolute Gasteiger partial charge is 0.358 e. The van der Waals surface area contributed by atoms with Gasteiger partial charge in [0.2, 0.25) is 0 Å². The largest absolute Gasteiger partial charge is 0.464 e. The van der Waals surface area contributed by atoms with Gasteiger partial charge in [0, 0.05) is 13.5 Å². The summed E-state index contributed by atoms with van der Waals surface area (Å²) >= 11 is 1.19. The minimum atomic E-state index is -0.576. The van der Waals surface area contributed by atoms with Crippen molar-refractivity contribution in [1.29, 1.82) is 0 Å². The van der Waals surface area contributed by atoms with Gasteiger partial charge in [-0.25, -0.2) is 9.78 Å². The molecule has 0 bridgehead atoms. The molecule has 1 heterocycles. The van der Waals surface area contributed by atoms with E-state index >= 15 is 0 Å². The maximum absolute atomic E-state index is 11.5. The van der Waals surface area contributed by atoms with E-state index in [1.165, 1.54) is 25.4 Å². The van der Waals surface area contributed by atoms with E-state index in [4.69, 9.17) is 0 Å². The molecule has 1 aromatic heterocycles. The zero-order valence-electron chi connectivity index (χ0n) is 11.1. The van der Waals surface area contributed by atoms with Gasteiger partial charge < -0.3 is 10.1 Å². The molecule has 0 radical (unpaired) electrons. The van der Waals surface area contributed by atoms with Crippen molar-refractivity contribution < 1.29 is 14.3 Å². The number of aromatic nitrogens is 1. The lowest BCUT2D eigenvalue weighted by atomic mass is 10.1. The van der Waals surface area contributed by atoms with Crippen LogP contribution in [0.4, 0.5) is 5.13 Å². The number of methoxy groups -OCH3 is 1. The van der Waals surface area contributed by atoms with Crippen molar-refractivity contribution in [2.24, 2.45) is 5.92 Å². The third kappa shape index (κ3) is 3.53. The number of thiazole rings is 1. The van der Waals surface area contributed by atoms with Crippen LogP contribution in [0.1, 0.15) is 47.4 Å². The SMILES string of the molecule is CCC(C)CNc1nc(C(=O)OC)c(C(C)=O)s1. The molecule has 1 rings (SSSR count). The average Bonchev–Trinajstić information content (AvgIpc) is 2.79. The van der Waals surface area contributed by atoms with Crippen LogP contribution >= 0.6 is 11.3 Å². The number of nitrogens with one attached hydrogen (secondary N) is 1. The third-order valence-electron chi connectivity index (χ3n) is 2.62. The molecular weight excluding hydrogens is 252 g/mol. The average molecular weight is 270 g/mol. The molecule has 0 spiro atoms. The minimum Gasteiger partial charge on any atom is -0.464 e. The summed E-state index contributed by atoms with van der Waals surface area (Å²) < 4.78 is 4.61. The van der Waals surface area contributed by atoms with Crippen LogP contribution in [-0.2, 0) is 4.74 Å². The monoisotopic (exact) mass is 270 g/mol. The van der Waals surface area contributed by atoms with E-state index in [1.54, 1.807) is 0 Å². The van der Waals surface area contributed by atoms with Crippen molar-refractivity contribution >= 4 is 28.2 Å². The van der Waals surface area contributed by atoms with E-state index in [0.717, 1.165) is 13.0 Å². The third-order valence-corrected chi connectivity index (χ3v) is 3.74. The van der Waals surface area contributed by atoms with E-state index in [0.29, 0.717) is 15.9 Å². The summed E-state index contributed by atoms with van der Waals surface area (Å²) in [5.41, 5.74) is 0.0988. The number of carbonyl (C=O) groups is 2. The molecule has 0 saturated heterocycles. The number of rotatable bonds is 6. The number of ketones is 1. The fourth-order valence-corrected chi connectivity index (χ4v) is 2.13. The van der Waals surface area contributed by atoms with Crippen molar-refractivity contribution in [3.63, 3.8) is 0 Å². The standard InChI is InChI=1S/C12H18N2O3S/c1-5-7(2)6-13-12-14-9(11(16)17-4)10(18-12)8(3)15/h7H,5-6H2,1-4H3,(H,13,14). The fraction of sp³-hybridized carbons (Fsp3) is 0.583. The van der Waals surface area contributed by atoms with Crippen LogP contribution in [-0.4, -0.2) is 30.4 Å². The molecule has 1 unspecified atom stereocenters. The van der Waals surface area contributed by atoms with Crippen molar-refractivity contribution in [3.05, 3.63) is 10.6 Å². The Morgan fingerprint density at radius 3 is 2.67 bits per heavy atom. The van der Waals surface area contributed by atoms with E-state index in [9.17, 15) is 9.59 Å². The highest BCUT2D eigenvalue weighted by atomic mass is 32.1. The number of hydrogen-bond acceptors (Lipinski definition) is 6. The molecule has 1 aromatic rings. The molecule has 0 aromatic carbocycles. The van der Waals surface area contributed by atoms with Crippen molar-refractivity contribution in [3.8, 4) is 0 Å². The Balaban J connectivity index is 2.89. The summed E-state index contributed by atoms with van der Waals surface area (Å²) in [5.74, 6) is -0.242. The first-order valence-electron chi connectivity index (χ1n) is 5.83. The number of Topliss-reactive ketones (excluding diaryl/α,β-unsaturated/α-hetero) is 1. The lowest BCUT2D eigenvalue weighted by Crippen LogP contribution is -2.10. The number of nitrogens with zero attached hydrogens (tertiary/aromatic N) is 1. The summed E-state index contributed by atoms with van der Waals surface area (Å²) in [4.78, 5) is 27.4. The highest BCUT2D eigenvalue weighted by molar-refractivity contribution is 7.17. The number of anilines is 1. The molecule has 0 fully saturated rings. The Kier molecular flexibility index (Phi) is 5.27.